The molecule has 0 aromatic heterocycles. The lowest BCUT2D eigenvalue weighted by Gasteiger charge is -2.07. The Morgan fingerprint density at radius 2 is 1.50 bits per heavy atom. The molecule has 0 aliphatic heterocycles. The van der Waals surface area contributed by atoms with E-state index in [1.54, 1.807) is 6.92 Å². The van der Waals surface area contributed by atoms with Crippen LogP contribution in [0.1, 0.15) is 44.4 Å². The summed E-state index contributed by atoms with van der Waals surface area (Å²) in [6.45, 7) is 1.55. The Morgan fingerprint density at radius 1 is 1.06 bits per heavy atom. The Morgan fingerprint density at radius 3 is 1.81 bits per heavy atom. The number of carbonyl (C=O) groups is 3. The Balaban J connectivity index is 3.53. The molecular weight excluding hydrogens is 212 g/mol. The third kappa shape index (κ3) is 2.08. The van der Waals surface area contributed by atoms with Crippen molar-refractivity contribution in [3.63, 3.8) is 0 Å². The number of carboxylic acids is 2. The molecular formula is C11H10O5. The van der Waals surface area contributed by atoms with E-state index < -0.39 is 17.7 Å². The van der Waals surface area contributed by atoms with Crippen LogP contribution in [0.5, 0.6) is 0 Å². The van der Waals surface area contributed by atoms with Crippen LogP contribution >= 0.6 is 0 Å². The number of aromatic carboxylic acids is 2. The van der Waals surface area contributed by atoms with Crippen molar-refractivity contribution >= 4 is 17.7 Å². The fourth-order valence-electron chi connectivity index (χ4n) is 1.39. The van der Waals surface area contributed by atoms with E-state index in [-0.39, 0.29) is 23.1 Å². The summed E-state index contributed by atoms with van der Waals surface area (Å²) in [5, 5.41) is 17.7. The van der Waals surface area contributed by atoms with Gasteiger partial charge in [-0.2, -0.15) is 0 Å². The summed E-state index contributed by atoms with van der Waals surface area (Å²) < 4.78 is 0. The van der Waals surface area contributed by atoms with Crippen molar-refractivity contribution in [1.29, 1.82) is 0 Å². The maximum atomic E-state index is 11.5. The van der Waals surface area contributed by atoms with Crippen LogP contribution in [0.25, 0.3) is 0 Å². The van der Waals surface area contributed by atoms with Gasteiger partial charge in [-0.25, -0.2) is 9.59 Å². The molecule has 0 fully saturated rings. The predicted octanol–water partition coefficient (Wildman–Crippen LogP) is 1.68. The van der Waals surface area contributed by atoms with Crippen LogP contribution in [0.3, 0.4) is 0 Å². The number of carbonyl (C=O) groups excluding carboxylic acids is 1. The maximum Gasteiger partial charge on any atom is 0.336 e. The number of rotatable bonds is 4. The lowest BCUT2D eigenvalue weighted by Crippen LogP contribution is -2.14. The lowest BCUT2D eigenvalue weighted by atomic mass is 9.96. The maximum absolute atomic E-state index is 11.5. The molecule has 0 spiro atoms. The highest BCUT2D eigenvalue weighted by Crippen LogP contribution is 2.17. The Bertz CT molecular complexity index is 429. The SMILES string of the molecule is CCC(=O)c1c(C(=O)O)cccc1C(=O)O. The highest BCUT2D eigenvalue weighted by Gasteiger charge is 2.22. The molecule has 0 atom stereocenters. The van der Waals surface area contributed by atoms with Gasteiger partial charge >= 0.3 is 11.9 Å². The molecule has 5 heteroatoms. The predicted molar refractivity (Wildman–Crippen MR) is 55.0 cm³/mol. The minimum absolute atomic E-state index is 0.0601. The summed E-state index contributed by atoms with van der Waals surface area (Å²) in [6, 6.07) is 3.74. The quantitative estimate of drug-likeness (QED) is 0.756. The van der Waals surface area contributed by atoms with Crippen molar-refractivity contribution in [2.75, 3.05) is 0 Å². The minimum atomic E-state index is -1.31. The Labute approximate surface area is 91.3 Å². The number of hydrogen-bond donors (Lipinski definition) is 2. The first-order chi connectivity index (χ1) is 7.49. The van der Waals surface area contributed by atoms with Crippen LogP contribution in [0.2, 0.25) is 0 Å². The Hall–Kier alpha value is -2.17. The zero-order valence-corrected chi connectivity index (χ0v) is 8.56. The first-order valence-electron chi connectivity index (χ1n) is 4.61. The molecule has 16 heavy (non-hydrogen) atoms. The number of ketones is 1. The fraction of sp³-hybridized carbons (Fsp3) is 0.182. The number of carboxylic acid groups (broad SMARTS) is 2. The van der Waals surface area contributed by atoms with Gasteiger partial charge in [0.2, 0.25) is 0 Å². The second kappa shape index (κ2) is 4.57. The van der Waals surface area contributed by atoms with Crippen LogP contribution in [-0.2, 0) is 0 Å². The molecule has 0 saturated carbocycles. The van der Waals surface area contributed by atoms with Gasteiger partial charge in [0, 0.05) is 12.0 Å². The van der Waals surface area contributed by atoms with Crippen molar-refractivity contribution in [2.45, 2.75) is 13.3 Å². The molecule has 0 saturated heterocycles. The molecule has 1 aromatic carbocycles. The third-order valence-corrected chi connectivity index (χ3v) is 2.13. The molecule has 0 amide bonds. The van der Waals surface area contributed by atoms with Gasteiger partial charge in [-0.1, -0.05) is 13.0 Å². The van der Waals surface area contributed by atoms with Crippen LogP contribution < -0.4 is 0 Å². The molecule has 0 aliphatic rings. The molecule has 1 aromatic rings. The molecule has 0 heterocycles. The van der Waals surface area contributed by atoms with E-state index in [9.17, 15) is 14.4 Å². The van der Waals surface area contributed by atoms with E-state index in [0.29, 0.717) is 0 Å². The second-order valence-electron chi connectivity index (χ2n) is 3.12. The highest BCUT2D eigenvalue weighted by molar-refractivity contribution is 6.12. The van der Waals surface area contributed by atoms with Gasteiger partial charge in [-0.15, -0.1) is 0 Å². The first kappa shape index (κ1) is 11.9. The zero-order valence-electron chi connectivity index (χ0n) is 8.56. The van der Waals surface area contributed by atoms with Crippen LogP contribution in [0.15, 0.2) is 18.2 Å². The number of benzene rings is 1. The summed E-state index contributed by atoms with van der Waals surface area (Å²) in [5.41, 5.74) is -0.775. The lowest BCUT2D eigenvalue weighted by molar-refractivity contribution is 0.0688. The standard InChI is InChI=1S/C11H10O5/c1-2-8(12)9-6(10(13)14)4-3-5-7(9)11(15)16/h3-5H,2H2,1H3,(H,13,14)(H,15,16). The van der Waals surface area contributed by atoms with E-state index in [0.717, 1.165) is 0 Å². The molecule has 0 aliphatic carbocycles. The first-order valence-corrected chi connectivity index (χ1v) is 4.61. The summed E-state index contributed by atoms with van der Waals surface area (Å²) in [5.74, 6) is -3.10. The minimum Gasteiger partial charge on any atom is -0.478 e. The van der Waals surface area contributed by atoms with Crippen molar-refractivity contribution in [2.24, 2.45) is 0 Å². The van der Waals surface area contributed by atoms with Crippen LogP contribution in [0, 0.1) is 0 Å². The molecule has 0 bridgehead atoms. The average Bonchev–Trinajstić information content (AvgIpc) is 2.26. The average molecular weight is 222 g/mol. The molecule has 1 rings (SSSR count). The van der Waals surface area contributed by atoms with Gasteiger partial charge in [0.1, 0.15) is 0 Å². The number of hydrogen-bond acceptors (Lipinski definition) is 3. The monoisotopic (exact) mass is 222 g/mol. The van der Waals surface area contributed by atoms with Crippen LogP contribution in [0.4, 0.5) is 0 Å². The van der Waals surface area contributed by atoms with Gasteiger partial charge in [0.05, 0.1) is 11.1 Å². The van der Waals surface area contributed by atoms with Gasteiger partial charge in [0.25, 0.3) is 0 Å². The fourth-order valence-corrected chi connectivity index (χ4v) is 1.39. The van der Waals surface area contributed by atoms with E-state index in [2.05, 4.69) is 0 Å². The molecule has 2 N–H and O–H groups in total. The summed E-state index contributed by atoms with van der Waals surface area (Å²) in [6.07, 6.45) is 0.0601. The van der Waals surface area contributed by atoms with Crippen molar-refractivity contribution in [3.05, 3.63) is 34.9 Å². The van der Waals surface area contributed by atoms with Crippen molar-refractivity contribution < 1.29 is 24.6 Å². The third-order valence-electron chi connectivity index (χ3n) is 2.13. The topological polar surface area (TPSA) is 91.7 Å². The largest absolute Gasteiger partial charge is 0.478 e. The van der Waals surface area contributed by atoms with Gasteiger partial charge in [-0.3, -0.25) is 4.79 Å². The zero-order chi connectivity index (χ0) is 12.3. The Kier molecular flexibility index (Phi) is 3.40. The van der Waals surface area contributed by atoms with Crippen molar-refractivity contribution in [3.8, 4) is 0 Å². The molecule has 0 unspecified atom stereocenters. The van der Waals surface area contributed by atoms with E-state index in [4.69, 9.17) is 10.2 Å². The van der Waals surface area contributed by atoms with E-state index >= 15 is 0 Å². The van der Waals surface area contributed by atoms with E-state index in [1.807, 2.05) is 0 Å². The van der Waals surface area contributed by atoms with Gasteiger partial charge in [-0.05, 0) is 12.1 Å². The summed E-state index contributed by atoms with van der Waals surface area (Å²) in [7, 11) is 0. The summed E-state index contributed by atoms with van der Waals surface area (Å²) >= 11 is 0. The normalized spacial score (nSPS) is 9.81. The number of Topliss-reactive ketones (excluding diaryl/α,β-unsaturated/α-hetero) is 1. The molecule has 0 radical (unpaired) electrons. The summed E-state index contributed by atoms with van der Waals surface area (Å²) in [4.78, 5) is 33.3. The highest BCUT2D eigenvalue weighted by atomic mass is 16.4. The smallest absolute Gasteiger partial charge is 0.336 e. The van der Waals surface area contributed by atoms with Crippen molar-refractivity contribution in [1.82, 2.24) is 0 Å². The van der Waals surface area contributed by atoms with Gasteiger partial charge in [0.15, 0.2) is 5.78 Å². The molecule has 84 valence electrons. The van der Waals surface area contributed by atoms with Crippen LogP contribution in [-0.4, -0.2) is 27.9 Å². The molecule has 5 nitrogen and oxygen atoms in total. The van der Waals surface area contributed by atoms with Gasteiger partial charge < -0.3 is 10.2 Å². The second-order valence-corrected chi connectivity index (χ2v) is 3.12. The van der Waals surface area contributed by atoms with E-state index in [1.165, 1.54) is 18.2 Å².